The van der Waals surface area contributed by atoms with Gasteiger partial charge in [-0.25, -0.2) is 0 Å². The largest absolute Gasteiger partial charge is 0.416 e. The summed E-state index contributed by atoms with van der Waals surface area (Å²) in [7, 11) is 0. The molecule has 0 heterocycles. The van der Waals surface area contributed by atoms with E-state index in [1.54, 1.807) is 12.1 Å². The van der Waals surface area contributed by atoms with Gasteiger partial charge in [0, 0.05) is 16.2 Å². The highest BCUT2D eigenvalue weighted by molar-refractivity contribution is 9.10. The molecule has 0 aliphatic heterocycles. The third-order valence-electron chi connectivity index (χ3n) is 3.53. The number of carbonyl (C=O) groups is 2. The van der Waals surface area contributed by atoms with Gasteiger partial charge in [0.05, 0.1) is 12.1 Å². The highest BCUT2D eigenvalue weighted by Crippen LogP contribution is 2.29. The van der Waals surface area contributed by atoms with Gasteiger partial charge in [0.1, 0.15) is 0 Å². The van der Waals surface area contributed by atoms with Crippen molar-refractivity contribution in [2.45, 2.75) is 13.1 Å². The van der Waals surface area contributed by atoms with Gasteiger partial charge in [0.25, 0.3) is 0 Å². The van der Waals surface area contributed by atoms with E-state index in [0.29, 0.717) is 5.69 Å². The Kier molecular flexibility index (Phi) is 6.79. The molecule has 2 rings (SSSR count). The molecule has 2 N–H and O–H groups in total. The summed E-state index contributed by atoms with van der Waals surface area (Å²) in [4.78, 5) is 23.7. The van der Waals surface area contributed by atoms with Crippen molar-refractivity contribution in [2.24, 2.45) is 0 Å². The number of nitrogens with one attached hydrogen (secondary N) is 2. The highest BCUT2D eigenvalue weighted by Gasteiger charge is 2.30. The topological polar surface area (TPSA) is 58.2 Å². The zero-order chi connectivity index (χ0) is 20.0. The summed E-state index contributed by atoms with van der Waals surface area (Å²) in [5, 5.41) is 5.05. The predicted octanol–water partition coefficient (Wildman–Crippen LogP) is 4.54. The second-order valence-electron chi connectivity index (χ2n) is 5.68. The molecule has 0 aromatic heterocycles. The van der Waals surface area contributed by atoms with Gasteiger partial charge >= 0.3 is 6.18 Å². The predicted molar refractivity (Wildman–Crippen MR) is 101 cm³/mol. The Morgan fingerprint density at radius 3 is 2.56 bits per heavy atom. The lowest BCUT2D eigenvalue weighted by Crippen LogP contribution is -2.31. The number of halogens is 4. The molecule has 2 aromatic rings. The molecule has 0 radical (unpaired) electrons. The van der Waals surface area contributed by atoms with E-state index in [4.69, 9.17) is 0 Å². The van der Waals surface area contributed by atoms with Crippen LogP contribution in [0.15, 0.2) is 53.0 Å². The molecule has 4 nitrogen and oxygen atoms in total. The summed E-state index contributed by atoms with van der Waals surface area (Å²) < 4.78 is 38.8. The standard InChI is InChI=1S/C19H16BrF3N2O2/c1-12-9-15(20)6-7-16(12)25-18(27)11-24-17(26)8-5-13-3-2-4-14(10-13)19(21,22)23/h2-10H,11H2,1H3,(H,24,26)(H,25,27)/b8-5+. The third kappa shape index (κ3) is 6.56. The van der Waals surface area contributed by atoms with Crippen LogP contribution in [0.5, 0.6) is 0 Å². The average Bonchev–Trinajstić information content (AvgIpc) is 2.60. The monoisotopic (exact) mass is 440 g/mol. The molecule has 0 fully saturated rings. The molecular formula is C19H16BrF3N2O2. The lowest BCUT2D eigenvalue weighted by molar-refractivity contribution is -0.137. The first-order valence-electron chi connectivity index (χ1n) is 7.84. The Bertz CT molecular complexity index is 879. The first kappa shape index (κ1) is 20.7. The molecule has 2 aromatic carbocycles. The third-order valence-corrected chi connectivity index (χ3v) is 4.02. The number of alkyl halides is 3. The first-order valence-corrected chi connectivity index (χ1v) is 8.63. The number of hydrogen-bond donors (Lipinski definition) is 2. The van der Waals surface area contributed by atoms with Crippen LogP contribution in [0.2, 0.25) is 0 Å². The van der Waals surface area contributed by atoms with E-state index in [1.807, 2.05) is 13.0 Å². The number of hydrogen-bond acceptors (Lipinski definition) is 2. The van der Waals surface area contributed by atoms with Crippen molar-refractivity contribution < 1.29 is 22.8 Å². The van der Waals surface area contributed by atoms with Crippen LogP contribution in [0.1, 0.15) is 16.7 Å². The van der Waals surface area contributed by atoms with E-state index < -0.39 is 23.6 Å². The Labute approximate surface area is 162 Å². The van der Waals surface area contributed by atoms with E-state index in [-0.39, 0.29) is 12.1 Å². The summed E-state index contributed by atoms with van der Waals surface area (Å²) in [6, 6.07) is 9.94. The molecule has 8 heteroatoms. The van der Waals surface area contributed by atoms with Crippen molar-refractivity contribution in [1.82, 2.24) is 5.32 Å². The molecule has 27 heavy (non-hydrogen) atoms. The summed E-state index contributed by atoms with van der Waals surface area (Å²) in [6.45, 7) is 1.57. The fraction of sp³-hybridized carbons (Fsp3) is 0.158. The molecule has 0 bridgehead atoms. The zero-order valence-electron chi connectivity index (χ0n) is 14.2. The minimum Gasteiger partial charge on any atom is -0.343 e. The maximum absolute atomic E-state index is 12.7. The highest BCUT2D eigenvalue weighted by atomic mass is 79.9. The van der Waals surface area contributed by atoms with Crippen LogP contribution in [0.3, 0.4) is 0 Å². The van der Waals surface area contributed by atoms with Gasteiger partial charge in [-0.2, -0.15) is 13.2 Å². The van der Waals surface area contributed by atoms with Crippen LogP contribution >= 0.6 is 15.9 Å². The molecule has 142 valence electrons. The molecule has 0 saturated carbocycles. The molecule has 0 unspecified atom stereocenters. The van der Waals surface area contributed by atoms with Crippen molar-refractivity contribution in [2.75, 3.05) is 11.9 Å². The van der Waals surface area contributed by atoms with Crippen molar-refractivity contribution in [3.8, 4) is 0 Å². The van der Waals surface area contributed by atoms with Gasteiger partial charge in [-0.15, -0.1) is 0 Å². The Morgan fingerprint density at radius 1 is 1.15 bits per heavy atom. The Balaban J connectivity index is 1.88. The minimum absolute atomic E-state index is 0.231. The average molecular weight is 441 g/mol. The molecular weight excluding hydrogens is 425 g/mol. The second kappa shape index (κ2) is 8.85. The van der Waals surface area contributed by atoms with E-state index in [9.17, 15) is 22.8 Å². The van der Waals surface area contributed by atoms with Crippen molar-refractivity contribution in [3.63, 3.8) is 0 Å². The van der Waals surface area contributed by atoms with Gasteiger partial charge in [-0.1, -0.05) is 28.1 Å². The number of rotatable bonds is 5. The molecule has 0 atom stereocenters. The fourth-order valence-electron chi connectivity index (χ4n) is 2.18. The number of aryl methyl sites for hydroxylation is 1. The molecule has 2 amide bonds. The van der Waals surface area contributed by atoms with Crippen LogP contribution in [0.4, 0.5) is 18.9 Å². The number of amides is 2. The summed E-state index contributed by atoms with van der Waals surface area (Å²) in [6.07, 6.45) is -2.12. The number of benzene rings is 2. The van der Waals surface area contributed by atoms with Crippen LogP contribution in [0.25, 0.3) is 6.08 Å². The van der Waals surface area contributed by atoms with E-state index in [2.05, 4.69) is 26.6 Å². The van der Waals surface area contributed by atoms with Crippen LogP contribution in [0, 0.1) is 6.92 Å². The summed E-state index contributed by atoms with van der Waals surface area (Å²) in [5.74, 6) is -1.00. The van der Waals surface area contributed by atoms with E-state index in [0.717, 1.165) is 28.2 Å². The van der Waals surface area contributed by atoms with Crippen molar-refractivity contribution in [3.05, 3.63) is 69.7 Å². The van der Waals surface area contributed by atoms with Crippen LogP contribution in [-0.2, 0) is 15.8 Å². The van der Waals surface area contributed by atoms with Crippen molar-refractivity contribution in [1.29, 1.82) is 0 Å². The Morgan fingerprint density at radius 2 is 1.89 bits per heavy atom. The number of carbonyl (C=O) groups excluding carboxylic acids is 2. The van der Waals surface area contributed by atoms with Crippen molar-refractivity contribution >= 4 is 39.5 Å². The summed E-state index contributed by atoms with van der Waals surface area (Å²) in [5.41, 5.74) is 0.912. The minimum atomic E-state index is -4.45. The van der Waals surface area contributed by atoms with Gasteiger partial charge in [-0.3, -0.25) is 9.59 Å². The second-order valence-corrected chi connectivity index (χ2v) is 6.60. The molecule has 0 aliphatic carbocycles. The van der Waals surface area contributed by atoms with E-state index >= 15 is 0 Å². The number of anilines is 1. The quantitative estimate of drug-likeness (QED) is 0.670. The van der Waals surface area contributed by atoms with Gasteiger partial charge in [0.2, 0.25) is 11.8 Å². The SMILES string of the molecule is Cc1cc(Br)ccc1NC(=O)CNC(=O)/C=C/c1cccc(C(F)(F)F)c1. The van der Waals surface area contributed by atoms with Gasteiger partial charge < -0.3 is 10.6 Å². The molecule has 0 spiro atoms. The van der Waals surface area contributed by atoms with E-state index in [1.165, 1.54) is 18.2 Å². The summed E-state index contributed by atoms with van der Waals surface area (Å²) >= 11 is 3.32. The lowest BCUT2D eigenvalue weighted by atomic mass is 10.1. The molecule has 0 aliphatic rings. The van der Waals surface area contributed by atoms with Crippen LogP contribution in [-0.4, -0.2) is 18.4 Å². The smallest absolute Gasteiger partial charge is 0.343 e. The lowest BCUT2D eigenvalue weighted by Gasteiger charge is -2.09. The van der Waals surface area contributed by atoms with Gasteiger partial charge in [-0.05, 0) is 54.5 Å². The fourth-order valence-corrected chi connectivity index (χ4v) is 2.65. The van der Waals surface area contributed by atoms with Gasteiger partial charge in [0.15, 0.2) is 0 Å². The first-order chi connectivity index (χ1) is 12.6. The normalized spacial score (nSPS) is 11.4. The molecule has 0 saturated heterocycles. The zero-order valence-corrected chi connectivity index (χ0v) is 15.8. The maximum Gasteiger partial charge on any atom is 0.416 e. The Hall–Kier alpha value is -2.61. The maximum atomic E-state index is 12.7. The van der Waals surface area contributed by atoms with Crippen LogP contribution < -0.4 is 10.6 Å².